The van der Waals surface area contributed by atoms with E-state index < -0.39 is 0 Å². The zero-order valence-electron chi connectivity index (χ0n) is 12.9. The van der Waals surface area contributed by atoms with Gasteiger partial charge in [-0.3, -0.25) is 4.79 Å². The predicted octanol–water partition coefficient (Wildman–Crippen LogP) is 4.16. The highest BCUT2D eigenvalue weighted by Gasteiger charge is 2.51. The molecular formula is C18H22BrNO2. The van der Waals surface area contributed by atoms with Crippen molar-refractivity contribution in [1.82, 2.24) is 5.32 Å². The first kappa shape index (κ1) is 14.6. The monoisotopic (exact) mass is 363 g/mol. The van der Waals surface area contributed by atoms with Gasteiger partial charge in [0.05, 0.1) is 11.6 Å². The summed E-state index contributed by atoms with van der Waals surface area (Å²) in [5.74, 6) is 3.34. The maximum Gasteiger partial charge on any atom is 0.251 e. The van der Waals surface area contributed by atoms with Gasteiger partial charge in [-0.05, 0) is 90.4 Å². The van der Waals surface area contributed by atoms with Gasteiger partial charge in [0.25, 0.3) is 5.91 Å². The second-order valence-electron chi connectivity index (χ2n) is 7.50. The molecule has 1 aromatic carbocycles. The van der Waals surface area contributed by atoms with Crippen molar-refractivity contribution in [3.8, 4) is 5.75 Å². The Labute approximate surface area is 139 Å². The van der Waals surface area contributed by atoms with Crippen LogP contribution in [-0.4, -0.2) is 18.6 Å². The lowest BCUT2D eigenvalue weighted by molar-refractivity contribution is -0.0167. The lowest BCUT2D eigenvalue weighted by Gasteiger charge is -2.56. The number of carbonyl (C=O) groups excluding carboxylic acids is 1. The number of methoxy groups -OCH3 is 1. The lowest BCUT2D eigenvalue weighted by Crippen LogP contribution is -2.59. The lowest BCUT2D eigenvalue weighted by atomic mass is 9.53. The molecule has 118 valence electrons. The van der Waals surface area contributed by atoms with Crippen molar-refractivity contribution >= 4 is 21.8 Å². The van der Waals surface area contributed by atoms with Crippen LogP contribution in [-0.2, 0) is 0 Å². The topological polar surface area (TPSA) is 38.3 Å². The van der Waals surface area contributed by atoms with E-state index in [1.54, 1.807) is 7.11 Å². The van der Waals surface area contributed by atoms with Gasteiger partial charge in [0, 0.05) is 11.1 Å². The van der Waals surface area contributed by atoms with Crippen molar-refractivity contribution < 1.29 is 9.53 Å². The van der Waals surface area contributed by atoms with Crippen LogP contribution in [0.25, 0.3) is 0 Å². The first-order chi connectivity index (χ1) is 10.6. The molecule has 5 rings (SSSR count). The molecule has 0 saturated heterocycles. The maximum absolute atomic E-state index is 12.7. The Balaban J connectivity index is 1.53. The van der Waals surface area contributed by atoms with E-state index in [1.165, 1.54) is 38.5 Å². The molecule has 0 aliphatic heterocycles. The van der Waals surface area contributed by atoms with E-state index in [9.17, 15) is 4.79 Å². The van der Waals surface area contributed by atoms with E-state index >= 15 is 0 Å². The first-order valence-electron chi connectivity index (χ1n) is 8.23. The number of hydrogen-bond donors (Lipinski definition) is 1. The van der Waals surface area contributed by atoms with Crippen molar-refractivity contribution in [2.24, 2.45) is 17.8 Å². The Morgan fingerprint density at radius 2 is 1.77 bits per heavy atom. The summed E-state index contributed by atoms with van der Waals surface area (Å²) in [5, 5.41) is 3.40. The van der Waals surface area contributed by atoms with Crippen LogP contribution >= 0.6 is 15.9 Å². The third kappa shape index (κ3) is 2.45. The third-order valence-electron chi connectivity index (χ3n) is 5.83. The van der Waals surface area contributed by atoms with Crippen LogP contribution in [0.4, 0.5) is 0 Å². The SMILES string of the molecule is COc1ccc(C(=O)NC23CC4CC(CC(C4)C2)C3)cc1Br. The largest absolute Gasteiger partial charge is 0.496 e. The van der Waals surface area contributed by atoms with Gasteiger partial charge in [-0.25, -0.2) is 0 Å². The number of rotatable bonds is 3. The Kier molecular flexibility index (Phi) is 3.48. The third-order valence-corrected chi connectivity index (χ3v) is 6.45. The van der Waals surface area contributed by atoms with Gasteiger partial charge in [0.15, 0.2) is 0 Å². The Hall–Kier alpha value is -1.03. The summed E-state index contributed by atoms with van der Waals surface area (Å²) in [7, 11) is 1.63. The molecule has 4 heteroatoms. The Morgan fingerprint density at radius 1 is 1.18 bits per heavy atom. The van der Waals surface area contributed by atoms with Crippen molar-refractivity contribution in [3.63, 3.8) is 0 Å². The number of ether oxygens (including phenoxy) is 1. The second-order valence-corrected chi connectivity index (χ2v) is 8.36. The average Bonchev–Trinajstić information content (AvgIpc) is 2.45. The van der Waals surface area contributed by atoms with Gasteiger partial charge in [0.2, 0.25) is 0 Å². The molecule has 1 N–H and O–H groups in total. The summed E-state index contributed by atoms with van der Waals surface area (Å²) < 4.78 is 6.06. The van der Waals surface area contributed by atoms with Crippen molar-refractivity contribution in [2.45, 2.75) is 44.1 Å². The number of carbonyl (C=O) groups is 1. The number of hydrogen-bond acceptors (Lipinski definition) is 2. The molecule has 4 saturated carbocycles. The minimum atomic E-state index is 0.0605. The highest BCUT2D eigenvalue weighted by molar-refractivity contribution is 9.10. The van der Waals surface area contributed by atoms with Gasteiger partial charge >= 0.3 is 0 Å². The molecule has 0 heterocycles. The standard InChI is InChI=1S/C18H22BrNO2/c1-22-16-3-2-14(7-15(16)19)17(21)20-18-8-11-4-12(9-18)6-13(5-11)10-18/h2-3,7,11-13H,4-6,8-10H2,1H3,(H,20,21). The van der Waals surface area contributed by atoms with Gasteiger partial charge < -0.3 is 10.1 Å². The molecule has 1 amide bonds. The molecule has 0 spiro atoms. The Bertz CT molecular complexity index is 578. The van der Waals surface area contributed by atoms with Gasteiger partial charge in [0.1, 0.15) is 5.75 Å². The summed E-state index contributed by atoms with van der Waals surface area (Å²) >= 11 is 3.46. The molecular weight excluding hydrogens is 342 g/mol. The van der Waals surface area contributed by atoms with Gasteiger partial charge in [-0.1, -0.05) is 0 Å². The van der Waals surface area contributed by atoms with Crippen molar-refractivity contribution in [3.05, 3.63) is 28.2 Å². The smallest absolute Gasteiger partial charge is 0.251 e. The van der Waals surface area contributed by atoms with Crippen LogP contribution in [0.2, 0.25) is 0 Å². The molecule has 22 heavy (non-hydrogen) atoms. The van der Waals surface area contributed by atoms with Crippen molar-refractivity contribution in [2.75, 3.05) is 7.11 Å². The second kappa shape index (κ2) is 5.26. The van der Waals surface area contributed by atoms with Crippen LogP contribution in [0.3, 0.4) is 0 Å². The molecule has 4 fully saturated rings. The zero-order chi connectivity index (χ0) is 15.3. The van der Waals surface area contributed by atoms with E-state index in [-0.39, 0.29) is 11.4 Å². The molecule has 4 aliphatic rings. The van der Waals surface area contributed by atoms with Gasteiger partial charge in [-0.2, -0.15) is 0 Å². The Morgan fingerprint density at radius 3 is 2.27 bits per heavy atom. The normalized spacial score (nSPS) is 35.5. The molecule has 3 nitrogen and oxygen atoms in total. The number of benzene rings is 1. The fraction of sp³-hybridized carbons (Fsp3) is 0.611. The summed E-state index contributed by atoms with van der Waals surface area (Å²) in [6.07, 6.45) is 7.72. The van der Waals surface area contributed by atoms with E-state index in [1.807, 2.05) is 18.2 Å². The van der Waals surface area contributed by atoms with Crippen LogP contribution < -0.4 is 10.1 Å². The van der Waals surface area contributed by atoms with E-state index in [0.717, 1.165) is 28.0 Å². The van der Waals surface area contributed by atoms with Gasteiger partial charge in [-0.15, -0.1) is 0 Å². The fourth-order valence-corrected chi connectivity index (χ4v) is 5.93. The van der Waals surface area contributed by atoms with Crippen LogP contribution in [0.15, 0.2) is 22.7 Å². The number of amides is 1. The highest BCUT2D eigenvalue weighted by Crippen LogP contribution is 2.55. The summed E-state index contributed by atoms with van der Waals surface area (Å²) in [6, 6.07) is 5.55. The van der Waals surface area contributed by atoms with E-state index in [2.05, 4.69) is 21.2 Å². The predicted molar refractivity (Wildman–Crippen MR) is 89.1 cm³/mol. The molecule has 4 aliphatic carbocycles. The van der Waals surface area contributed by atoms with Crippen LogP contribution in [0.5, 0.6) is 5.75 Å². The maximum atomic E-state index is 12.7. The minimum Gasteiger partial charge on any atom is -0.496 e. The summed E-state index contributed by atoms with van der Waals surface area (Å²) in [5.41, 5.74) is 0.779. The summed E-state index contributed by atoms with van der Waals surface area (Å²) in [4.78, 5) is 12.7. The molecule has 0 radical (unpaired) electrons. The number of nitrogens with one attached hydrogen (secondary N) is 1. The number of halogens is 1. The highest BCUT2D eigenvalue weighted by atomic mass is 79.9. The fourth-order valence-electron chi connectivity index (χ4n) is 5.38. The van der Waals surface area contributed by atoms with E-state index in [4.69, 9.17) is 4.74 Å². The molecule has 0 aromatic heterocycles. The first-order valence-corrected chi connectivity index (χ1v) is 9.02. The molecule has 4 bridgehead atoms. The quantitative estimate of drug-likeness (QED) is 0.875. The van der Waals surface area contributed by atoms with Crippen molar-refractivity contribution in [1.29, 1.82) is 0 Å². The average molecular weight is 364 g/mol. The zero-order valence-corrected chi connectivity index (χ0v) is 14.5. The molecule has 1 aromatic rings. The summed E-state index contributed by atoms with van der Waals surface area (Å²) in [6.45, 7) is 0. The van der Waals surface area contributed by atoms with Crippen LogP contribution in [0, 0.1) is 17.8 Å². The molecule has 0 unspecified atom stereocenters. The van der Waals surface area contributed by atoms with Crippen LogP contribution in [0.1, 0.15) is 48.9 Å². The molecule has 0 atom stereocenters. The minimum absolute atomic E-state index is 0.0605. The van der Waals surface area contributed by atoms with E-state index in [0.29, 0.717) is 5.56 Å².